The molecular weight excluding hydrogens is 272 g/mol. The first-order valence-corrected chi connectivity index (χ1v) is 6.68. The fraction of sp³-hybridized carbons (Fsp3) is 0.467. The topological polar surface area (TPSA) is 90.6 Å². The van der Waals surface area contributed by atoms with E-state index in [0.717, 1.165) is 0 Å². The van der Waals surface area contributed by atoms with E-state index in [1.807, 2.05) is 0 Å². The Hall–Kier alpha value is -2.08. The van der Waals surface area contributed by atoms with E-state index in [0.29, 0.717) is 17.0 Å². The molecule has 6 heteroatoms. The third-order valence-corrected chi connectivity index (χ3v) is 2.52. The number of hydrogen-bond acceptors (Lipinski definition) is 5. The normalized spacial score (nSPS) is 10.9. The van der Waals surface area contributed by atoms with Crippen molar-refractivity contribution in [1.29, 1.82) is 0 Å². The van der Waals surface area contributed by atoms with Crippen molar-refractivity contribution < 1.29 is 19.1 Å². The summed E-state index contributed by atoms with van der Waals surface area (Å²) in [5.41, 5.74) is 5.66. The van der Waals surface area contributed by atoms with Crippen molar-refractivity contribution in [3.63, 3.8) is 0 Å². The van der Waals surface area contributed by atoms with Crippen molar-refractivity contribution in [2.75, 3.05) is 19.0 Å². The van der Waals surface area contributed by atoms with E-state index in [4.69, 9.17) is 15.2 Å². The number of nitrogens with one attached hydrogen (secondary N) is 1. The lowest BCUT2D eigenvalue weighted by atomic mass is 10.1. The van der Waals surface area contributed by atoms with Gasteiger partial charge in [-0.2, -0.15) is 0 Å². The van der Waals surface area contributed by atoms with E-state index in [1.54, 1.807) is 39.0 Å². The van der Waals surface area contributed by atoms with Crippen LogP contribution in [0.15, 0.2) is 18.2 Å². The number of rotatable bonds is 5. The van der Waals surface area contributed by atoms with Gasteiger partial charge in [0.1, 0.15) is 11.4 Å². The van der Waals surface area contributed by atoms with Gasteiger partial charge in [-0.1, -0.05) is 0 Å². The first-order valence-electron chi connectivity index (χ1n) is 6.68. The zero-order valence-electron chi connectivity index (χ0n) is 12.9. The summed E-state index contributed by atoms with van der Waals surface area (Å²) in [5, 5.41) is 2.59. The number of ether oxygens (including phenoxy) is 2. The predicted octanol–water partition coefficient (Wildman–Crippen LogP) is 2.57. The molecule has 6 nitrogen and oxygen atoms in total. The average molecular weight is 294 g/mol. The van der Waals surface area contributed by atoms with Crippen molar-refractivity contribution in [3.8, 4) is 5.75 Å². The number of ketones is 1. The van der Waals surface area contributed by atoms with Crippen LogP contribution in [0.5, 0.6) is 5.75 Å². The first kappa shape index (κ1) is 17.0. The first-order chi connectivity index (χ1) is 9.76. The summed E-state index contributed by atoms with van der Waals surface area (Å²) in [6.07, 6.45) is -0.364. The summed E-state index contributed by atoms with van der Waals surface area (Å²) in [6.45, 7) is 5.58. The molecule has 1 aromatic carbocycles. The maximum Gasteiger partial charge on any atom is 0.412 e. The van der Waals surface area contributed by atoms with Crippen molar-refractivity contribution in [2.45, 2.75) is 32.8 Å². The molecule has 0 spiro atoms. The molecule has 1 amide bonds. The molecule has 1 rings (SSSR count). The van der Waals surface area contributed by atoms with Crippen LogP contribution in [0.3, 0.4) is 0 Å². The van der Waals surface area contributed by atoms with Gasteiger partial charge in [0, 0.05) is 12.1 Å². The molecule has 0 saturated carbocycles. The lowest BCUT2D eigenvalue weighted by Crippen LogP contribution is -2.27. The zero-order valence-corrected chi connectivity index (χ0v) is 12.9. The number of anilines is 1. The highest BCUT2D eigenvalue weighted by molar-refractivity contribution is 6.00. The molecule has 0 aliphatic carbocycles. The number of carbonyl (C=O) groups excluding carboxylic acids is 2. The Bertz CT molecular complexity index is 521. The monoisotopic (exact) mass is 294 g/mol. The van der Waals surface area contributed by atoms with Gasteiger partial charge in [-0.15, -0.1) is 0 Å². The Morgan fingerprint density at radius 1 is 1.29 bits per heavy atom. The van der Waals surface area contributed by atoms with E-state index >= 15 is 0 Å². The fourth-order valence-corrected chi connectivity index (χ4v) is 1.69. The van der Waals surface area contributed by atoms with Gasteiger partial charge in [0.2, 0.25) is 0 Å². The Kier molecular flexibility index (Phi) is 5.72. The SMILES string of the molecule is COc1ccc(NC(=O)OC(C)(C)C)cc1C(=O)CCN. The number of benzene rings is 1. The summed E-state index contributed by atoms with van der Waals surface area (Å²) in [7, 11) is 1.48. The third-order valence-electron chi connectivity index (χ3n) is 2.52. The molecular formula is C15H22N2O4. The summed E-state index contributed by atoms with van der Waals surface area (Å²) >= 11 is 0. The van der Waals surface area contributed by atoms with Crippen LogP contribution in [-0.2, 0) is 4.74 Å². The van der Waals surface area contributed by atoms with Crippen LogP contribution < -0.4 is 15.8 Å². The van der Waals surface area contributed by atoms with Crippen molar-refractivity contribution in [1.82, 2.24) is 0 Å². The van der Waals surface area contributed by atoms with Gasteiger partial charge in [0.05, 0.1) is 12.7 Å². The van der Waals surface area contributed by atoms with E-state index in [-0.39, 0.29) is 18.7 Å². The van der Waals surface area contributed by atoms with Gasteiger partial charge in [0.15, 0.2) is 5.78 Å². The Labute approximate surface area is 124 Å². The molecule has 0 aliphatic rings. The standard InChI is InChI=1S/C15H22N2O4/c1-15(2,3)21-14(19)17-10-5-6-13(20-4)11(9-10)12(18)7-8-16/h5-6,9H,7-8,16H2,1-4H3,(H,17,19). The molecule has 0 radical (unpaired) electrons. The number of amides is 1. The minimum atomic E-state index is -0.589. The van der Waals surface area contributed by atoms with Crippen molar-refractivity contribution in [2.24, 2.45) is 5.73 Å². The predicted molar refractivity (Wildman–Crippen MR) is 80.9 cm³/mol. The third kappa shape index (κ3) is 5.43. The average Bonchev–Trinajstić information content (AvgIpc) is 2.36. The summed E-state index contributed by atoms with van der Waals surface area (Å²) in [6, 6.07) is 4.82. The fourth-order valence-electron chi connectivity index (χ4n) is 1.69. The second-order valence-corrected chi connectivity index (χ2v) is 5.50. The molecule has 3 N–H and O–H groups in total. The highest BCUT2D eigenvalue weighted by atomic mass is 16.6. The van der Waals surface area contributed by atoms with Crippen molar-refractivity contribution >= 4 is 17.6 Å². The maximum absolute atomic E-state index is 12.0. The zero-order chi connectivity index (χ0) is 16.0. The van der Waals surface area contributed by atoms with Gasteiger partial charge in [-0.25, -0.2) is 4.79 Å². The highest BCUT2D eigenvalue weighted by Gasteiger charge is 2.18. The summed E-state index contributed by atoms with van der Waals surface area (Å²) in [4.78, 5) is 23.7. The Morgan fingerprint density at radius 2 is 1.95 bits per heavy atom. The van der Waals surface area contributed by atoms with Gasteiger partial charge >= 0.3 is 6.09 Å². The highest BCUT2D eigenvalue weighted by Crippen LogP contribution is 2.24. The summed E-state index contributed by atoms with van der Waals surface area (Å²) < 4.78 is 10.3. The lowest BCUT2D eigenvalue weighted by Gasteiger charge is -2.20. The number of Topliss-reactive ketones (excluding diaryl/α,β-unsaturated/α-hetero) is 1. The van der Waals surface area contributed by atoms with E-state index < -0.39 is 11.7 Å². The lowest BCUT2D eigenvalue weighted by molar-refractivity contribution is 0.0635. The number of methoxy groups -OCH3 is 1. The second-order valence-electron chi connectivity index (χ2n) is 5.50. The molecule has 0 heterocycles. The molecule has 0 aromatic heterocycles. The van der Waals surface area contributed by atoms with E-state index in [9.17, 15) is 9.59 Å². The van der Waals surface area contributed by atoms with Crippen LogP contribution in [0.4, 0.5) is 10.5 Å². The van der Waals surface area contributed by atoms with Crippen LogP contribution in [0.1, 0.15) is 37.6 Å². The van der Waals surface area contributed by atoms with Crippen LogP contribution in [0, 0.1) is 0 Å². The molecule has 0 atom stereocenters. The largest absolute Gasteiger partial charge is 0.496 e. The molecule has 0 saturated heterocycles. The Balaban J connectivity index is 2.92. The molecule has 0 bridgehead atoms. The minimum absolute atomic E-state index is 0.137. The van der Waals surface area contributed by atoms with E-state index in [1.165, 1.54) is 7.11 Å². The number of carbonyl (C=O) groups is 2. The summed E-state index contributed by atoms with van der Waals surface area (Å²) in [5.74, 6) is 0.311. The molecule has 116 valence electrons. The van der Waals surface area contributed by atoms with Crippen LogP contribution in [0.25, 0.3) is 0 Å². The van der Waals surface area contributed by atoms with Crippen LogP contribution in [-0.4, -0.2) is 31.1 Å². The Morgan fingerprint density at radius 3 is 2.48 bits per heavy atom. The number of nitrogens with two attached hydrogens (primary N) is 1. The van der Waals surface area contributed by atoms with Gasteiger partial charge in [-0.05, 0) is 45.5 Å². The molecule has 0 unspecified atom stereocenters. The van der Waals surface area contributed by atoms with Crippen molar-refractivity contribution in [3.05, 3.63) is 23.8 Å². The molecule has 0 aliphatic heterocycles. The number of hydrogen-bond donors (Lipinski definition) is 2. The van der Waals surface area contributed by atoms with Crippen LogP contribution in [0.2, 0.25) is 0 Å². The quantitative estimate of drug-likeness (QED) is 0.814. The van der Waals surface area contributed by atoms with Crippen LogP contribution >= 0.6 is 0 Å². The van der Waals surface area contributed by atoms with Gasteiger partial charge in [-0.3, -0.25) is 10.1 Å². The maximum atomic E-state index is 12.0. The second kappa shape index (κ2) is 7.08. The smallest absolute Gasteiger partial charge is 0.412 e. The van der Waals surface area contributed by atoms with E-state index in [2.05, 4.69) is 5.32 Å². The van der Waals surface area contributed by atoms with Gasteiger partial charge in [0.25, 0.3) is 0 Å². The molecule has 1 aromatic rings. The minimum Gasteiger partial charge on any atom is -0.496 e. The van der Waals surface area contributed by atoms with Gasteiger partial charge < -0.3 is 15.2 Å². The molecule has 21 heavy (non-hydrogen) atoms. The molecule has 0 fully saturated rings.